The molecule has 0 aliphatic rings. The Labute approximate surface area is 123 Å². The van der Waals surface area contributed by atoms with E-state index in [1.165, 1.54) is 5.39 Å². The molecule has 0 atom stereocenters. The van der Waals surface area contributed by atoms with Gasteiger partial charge in [0.05, 0.1) is 0 Å². The molecule has 98 valence electrons. The van der Waals surface area contributed by atoms with E-state index in [-0.39, 0.29) is 0 Å². The van der Waals surface area contributed by atoms with Crippen molar-refractivity contribution in [2.24, 2.45) is 0 Å². The lowest BCUT2D eigenvalue weighted by Crippen LogP contribution is -2.04. The second-order valence-electron chi connectivity index (χ2n) is 4.59. The number of ether oxygens (including phenoxy) is 1. The molecular weight excluding hydrogens is 264 g/mol. The predicted molar refractivity (Wildman–Crippen MR) is 86.9 cm³/mol. The largest absolute Gasteiger partial charge is 0.478 e. The Bertz CT molecular complexity index is 729. The van der Waals surface area contributed by atoms with Gasteiger partial charge in [0.15, 0.2) is 5.05 Å². The van der Waals surface area contributed by atoms with Gasteiger partial charge >= 0.3 is 0 Å². The minimum Gasteiger partial charge on any atom is -0.478 e. The third-order valence-electron chi connectivity index (χ3n) is 3.22. The molecule has 20 heavy (non-hydrogen) atoms. The summed E-state index contributed by atoms with van der Waals surface area (Å²) in [5.74, 6) is 0. The fourth-order valence-electron chi connectivity index (χ4n) is 2.20. The molecule has 0 spiro atoms. The average molecular weight is 278 g/mol. The van der Waals surface area contributed by atoms with Crippen LogP contribution in [0.4, 0.5) is 0 Å². The fraction of sp³-hybridized carbons (Fsp3) is 0.0556. The van der Waals surface area contributed by atoms with Crippen LogP contribution in [0.3, 0.4) is 0 Å². The number of benzene rings is 3. The summed E-state index contributed by atoms with van der Waals surface area (Å²) < 4.78 is 5.75. The predicted octanol–water partition coefficient (Wildman–Crippen LogP) is 4.73. The molecule has 0 amide bonds. The Hall–Kier alpha value is -2.19. The van der Waals surface area contributed by atoms with E-state index in [0.717, 1.165) is 16.5 Å². The van der Waals surface area contributed by atoms with Gasteiger partial charge in [0, 0.05) is 5.56 Å². The Morgan fingerprint density at radius 2 is 1.50 bits per heavy atom. The van der Waals surface area contributed by atoms with Gasteiger partial charge in [0.25, 0.3) is 0 Å². The van der Waals surface area contributed by atoms with Gasteiger partial charge in [-0.15, -0.1) is 0 Å². The topological polar surface area (TPSA) is 9.23 Å². The van der Waals surface area contributed by atoms with E-state index in [1.54, 1.807) is 0 Å². The zero-order valence-corrected chi connectivity index (χ0v) is 11.8. The second-order valence-corrected chi connectivity index (χ2v) is 4.96. The highest BCUT2D eigenvalue weighted by Gasteiger charge is 2.07. The minimum atomic E-state index is 0.503. The first kappa shape index (κ1) is 12.8. The first-order chi connectivity index (χ1) is 9.84. The number of hydrogen-bond acceptors (Lipinski definition) is 2. The highest BCUT2D eigenvalue weighted by molar-refractivity contribution is 7.80. The van der Waals surface area contributed by atoms with Crippen molar-refractivity contribution in [1.29, 1.82) is 0 Å². The Morgan fingerprint density at radius 3 is 2.35 bits per heavy atom. The second kappa shape index (κ2) is 5.85. The molecule has 1 nitrogen and oxygen atoms in total. The van der Waals surface area contributed by atoms with Crippen LogP contribution < -0.4 is 0 Å². The van der Waals surface area contributed by atoms with E-state index < -0.39 is 0 Å². The SMILES string of the molecule is S=C(OCc1ccccc1)c1cccc2ccccc12. The van der Waals surface area contributed by atoms with Crippen molar-refractivity contribution in [3.63, 3.8) is 0 Å². The van der Waals surface area contributed by atoms with Gasteiger partial charge in [0.2, 0.25) is 0 Å². The molecule has 0 N–H and O–H groups in total. The minimum absolute atomic E-state index is 0.503. The Balaban J connectivity index is 1.82. The molecule has 3 rings (SSSR count). The average Bonchev–Trinajstić information content (AvgIpc) is 2.53. The zero-order valence-electron chi connectivity index (χ0n) is 11.0. The summed E-state index contributed by atoms with van der Waals surface area (Å²) in [5.41, 5.74) is 2.10. The lowest BCUT2D eigenvalue weighted by atomic mass is 10.1. The highest BCUT2D eigenvalue weighted by atomic mass is 32.1. The summed E-state index contributed by atoms with van der Waals surface area (Å²) in [6, 6.07) is 24.4. The number of fused-ring (bicyclic) bond motifs is 1. The van der Waals surface area contributed by atoms with Crippen molar-refractivity contribution in [2.75, 3.05) is 0 Å². The number of thiocarbonyl (C=S) groups is 1. The third-order valence-corrected chi connectivity index (χ3v) is 3.56. The van der Waals surface area contributed by atoms with Gasteiger partial charge in [-0.05, 0) is 34.6 Å². The Kier molecular flexibility index (Phi) is 3.75. The molecule has 3 aromatic rings. The van der Waals surface area contributed by atoms with Crippen molar-refractivity contribution in [3.8, 4) is 0 Å². The van der Waals surface area contributed by atoms with E-state index in [1.807, 2.05) is 54.6 Å². The molecule has 2 heteroatoms. The smallest absolute Gasteiger partial charge is 0.192 e. The molecular formula is C18H14OS. The maximum absolute atomic E-state index is 5.75. The van der Waals surface area contributed by atoms with E-state index in [4.69, 9.17) is 17.0 Å². The van der Waals surface area contributed by atoms with E-state index >= 15 is 0 Å². The molecule has 0 fully saturated rings. The van der Waals surface area contributed by atoms with Crippen LogP contribution in [0.1, 0.15) is 11.1 Å². The molecule has 0 saturated carbocycles. The summed E-state index contributed by atoms with van der Waals surface area (Å²) in [4.78, 5) is 0. The van der Waals surface area contributed by atoms with E-state index in [9.17, 15) is 0 Å². The summed E-state index contributed by atoms with van der Waals surface area (Å²) in [6.45, 7) is 0.503. The van der Waals surface area contributed by atoms with Crippen molar-refractivity contribution in [1.82, 2.24) is 0 Å². The molecule has 0 heterocycles. The van der Waals surface area contributed by atoms with Crippen LogP contribution in [-0.4, -0.2) is 5.05 Å². The van der Waals surface area contributed by atoms with Crippen LogP contribution in [0.15, 0.2) is 72.8 Å². The quantitative estimate of drug-likeness (QED) is 0.640. The first-order valence-electron chi connectivity index (χ1n) is 6.53. The van der Waals surface area contributed by atoms with Gasteiger partial charge in [-0.2, -0.15) is 0 Å². The molecule has 0 aliphatic carbocycles. The van der Waals surface area contributed by atoms with Crippen molar-refractivity contribution in [2.45, 2.75) is 6.61 Å². The molecule has 0 unspecified atom stereocenters. The maximum Gasteiger partial charge on any atom is 0.192 e. The van der Waals surface area contributed by atoms with Crippen molar-refractivity contribution in [3.05, 3.63) is 83.9 Å². The normalized spacial score (nSPS) is 10.4. The van der Waals surface area contributed by atoms with Crippen molar-refractivity contribution < 1.29 is 4.74 Å². The van der Waals surface area contributed by atoms with Crippen LogP contribution in [0, 0.1) is 0 Å². The highest BCUT2D eigenvalue weighted by Crippen LogP contribution is 2.20. The third kappa shape index (κ3) is 2.70. The molecule has 0 aliphatic heterocycles. The maximum atomic E-state index is 5.75. The van der Waals surface area contributed by atoms with Gasteiger partial charge in [-0.3, -0.25) is 0 Å². The molecule has 3 aromatic carbocycles. The molecule has 0 radical (unpaired) electrons. The lowest BCUT2D eigenvalue weighted by Gasteiger charge is -2.10. The summed E-state index contributed by atoms with van der Waals surface area (Å²) in [7, 11) is 0. The summed E-state index contributed by atoms with van der Waals surface area (Å²) in [5, 5.41) is 2.86. The van der Waals surface area contributed by atoms with Crippen LogP contribution in [0.2, 0.25) is 0 Å². The van der Waals surface area contributed by atoms with E-state index in [2.05, 4.69) is 18.2 Å². The summed E-state index contributed by atoms with van der Waals surface area (Å²) >= 11 is 5.42. The van der Waals surface area contributed by atoms with E-state index in [0.29, 0.717) is 11.7 Å². The summed E-state index contributed by atoms with van der Waals surface area (Å²) in [6.07, 6.45) is 0. The number of rotatable bonds is 3. The Morgan fingerprint density at radius 1 is 0.800 bits per heavy atom. The first-order valence-corrected chi connectivity index (χ1v) is 6.94. The van der Waals surface area contributed by atoms with Gasteiger partial charge in [0.1, 0.15) is 6.61 Å². The number of hydrogen-bond donors (Lipinski definition) is 0. The zero-order chi connectivity index (χ0) is 13.8. The lowest BCUT2D eigenvalue weighted by molar-refractivity contribution is 0.302. The molecule has 0 saturated heterocycles. The van der Waals surface area contributed by atoms with Gasteiger partial charge in [-0.25, -0.2) is 0 Å². The van der Waals surface area contributed by atoms with Crippen molar-refractivity contribution >= 4 is 28.0 Å². The van der Waals surface area contributed by atoms with Crippen LogP contribution in [-0.2, 0) is 11.3 Å². The van der Waals surface area contributed by atoms with Crippen LogP contribution >= 0.6 is 12.2 Å². The standard InChI is InChI=1S/C18H14OS/c20-18(19-13-14-7-2-1-3-8-14)17-12-6-10-15-9-4-5-11-16(15)17/h1-12H,13H2. The van der Waals surface area contributed by atoms with Crippen LogP contribution in [0.5, 0.6) is 0 Å². The van der Waals surface area contributed by atoms with Crippen LogP contribution in [0.25, 0.3) is 10.8 Å². The van der Waals surface area contributed by atoms with Gasteiger partial charge in [-0.1, -0.05) is 66.7 Å². The molecule has 0 aromatic heterocycles. The van der Waals surface area contributed by atoms with Gasteiger partial charge < -0.3 is 4.74 Å². The monoisotopic (exact) mass is 278 g/mol. The fourth-order valence-corrected chi connectivity index (χ4v) is 2.44. The molecule has 0 bridgehead atoms.